The molecule has 9 heteroatoms. The Morgan fingerprint density at radius 1 is 1.46 bits per heavy atom. The van der Waals surface area contributed by atoms with Crippen molar-refractivity contribution in [3.8, 4) is 11.5 Å². The number of amides is 1. The second-order valence-corrected chi connectivity index (χ2v) is 5.02. The summed E-state index contributed by atoms with van der Waals surface area (Å²) in [5.41, 5.74) is 5.46. The quantitative estimate of drug-likeness (QED) is 0.486. The number of hydrogen-bond acceptors (Lipinski definition) is 6. The van der Waals surface area contributed by atoms with E-state index in [9.17, 15) is 14.9 Å². The summed E-state index contributed by atoms with van der Waals surface area (Å²) < 4.78 is 10.3. The van der Waals surface area contributed by atoms with E-state index in [1.165, 1.54) is 25.3 Å². The number of nitrogens with one attached hydrogen (secondary N) is 1. The lowest BCUT2D eigenvalue weighted by Gasteiger charge is -2.16. The van der Waals surface area contributed by atoms with Crippen LogP contribution in [0.25, 0.3) is 0 Å². The number of nitro groups is 1. The van der Waals surface area contributed by atoms with Gasteiger partial charge in [-0.05, 0) is 12.5 Å². The molecule has 0 aliphatic carbocycles. The van der Waals surface area contributed by atoms with Crippen molar-refractivity contribution in [1.29, 1.82) is 0 Å². The van der Waals surface area contributed by atoms with Crippen LogP contribution >= 0.6 is 12.4 Å². The summed E-state index contributed by atoms with van der Waals surface area (Å²) in [5, 5.41) is 13.6. The molecule has 0 heterocycles. The van der Waals surface area contributed by atoms with E-state index < -0.39 is 4.92 Å². The van der Waals surface area contributed by atoms with Gasteiger partial charge in [0, 0.05) is 24.7 Å². The van der Waals surface area contributed by atoms with Gasteiger partial charge < -0.3 is 20.5 Å². The largest absolute Gasteiger partial charge is 0.490 e. The third-order valence-electron chi connectivity index (χ3n) is 3.27. The van der Waals surface area contributed by atoms with Crippen molar-refractivity contribution in [3.05, 3.63) is 28.3 Å². The van der Waals surface area contributed by atoms with Gasteiger partial charge in [0.1, 0.15) is 5.75 Å². The standard InChI is InChI=1S/C15H23N3O5.ClH/c1-3-4-5-11(9-16)17-15(19)10-23-12-6-7-13(18(20)21)14(8-12)22-2;/h6-8,11H,3-5,9-10,16H2,1-2H3,(H,17,19);1H. The maximum Gasteiger partial charge on any atom is 0.311 e. The summed E-state index contributed by atoms with van der Waals surface area (Å²) in [6.07, 6.45) is 2.85. The molecule has 1 aromatic rings. The summed E-state index contributed by atoms with van der Waals surface area (Å²) in [4.78, 5) is 22.1. The first-order valence-electron chi connectivity index (χ1n) is 7.46. The molecule has 1 atom stereocenters. The first kappa shape index (κ1) is 21.9. The van der Waals surface area contributed by atoms with Crippen LogP contribution in [-0.4, -0.2) is 37.1 Å². The van der Waals surface area contributed by atoms with Crippen molar-refractivity contribution in [2.24, 2.45) is 5.73 Å². The maximum absolute atomic E-state index is 11.8. The molecule has 0 spiro atoms. The topological polar surface area (TPSA) is 117 Å². The fraction of sp³-hybridized carbons (Fsp3) is 0.533. The van der Waals surface area contributed by atoms with Gasteiger partial charge in [0.15, 0.2) is 6.61 Å². The minimum Gasteiger partial charge on any atom is -0.490 e. The van der Waals surface area contributed by atoms with E-state index in [2.05, 4.69) is 12.2 Å². The zero-order valence-corrected chi connectivity index (χ0v) is 14.6. The van der Waals surface area contributed by atoms with Crippen molar-refractivity contribution in [2.45, 2.75) is 32.2 Å². The van der Waals surface area contributed by atoms with Crippen LogP contribution in [0.15, 0.2) is 18.2 Å². The number of nitro benzene ring substituents is 1. The highest BCUT2D eigenvalue weighted by atomic mass is 35.5. The van der Waals surface area contributed by atoms with Crippen molar-refractivity contribution in [1.82, 2.24) is 5.32 Å². The number of nitrogens with two attached hydrogens (primary N) is 1. The van der Waals surface area contributed by atoms with Gasteiger partial charge in [-0.3, -0.25) is 14.9 Å². The minimum absolute atomic E-state index is 0. The number of benzene rings is 1. The molecule has 8 nitrogen and oxygen atoms in total. The number of nitrogens with zero attached hydrogens (tertiary/aromatic N) is 1. The van der Waals surface area contributed by atoms with Crippen LogP contribution in [0, 0.1) is 10.1 Å². The summed E-state index contributed by atoms with van der Waals surface area (Å²) in [6.45, 7) is 2.25. The van der Waals surface area contributed by atoms with Crippen molar-refractivity contribution in [2.75, 3.05) is 20.3 Å². The lowest BCUT2D eigenvalue weighted by molar-refractivity contribution is -0.385. The Morgan fingerprint density at radius 3 is 2.71 bits per heavy atom. The Balaban J connectivity index is 0.00000529. The third kappa shape index (κ3) is 7.01. The average Bonchev–Trinajstić information content (AvgIpc) is 2.56. The van der Waals surface area contributed by atoms with E-state index in [0.717, 1.165) is 19.3 Å². The predicted molar refractivity (Wildman–Crippen MR) is 92.9 cm³/mol. The highest BCUT2D eigenvalue weighted by Crippen LogP contribution is 2.30. The van der Waals surface area contributed by atoms with Crippen molar-refractivity contribution < 1.29 is 19.2 Å². The summed E-state index contributed by atoms with van der Waals surface area (Å²) in [5.74, 6) is 0.116. The molecule has 1 amide bonds. The molecule has 0 aliphatic heterocycles. The minimum atomic E-state index is -0.547. The number of carbonyl (C=O) groups is 1. The Hall–Kier alpha value is -2.06. The Bertz CT molecular complexity index is 542. The van der Waals surface area contributed by atoms with Gasteiger partial charge in [-0.25, -0.2) is 0 Å². The number of carbonyl (C=O) groups excluding carboxylic acids is 1. The van der Waals surface area contributed by atoms with E-state index in [-0.39, 0.29) is 42.4 Å². The number of rotatable bonds is 10. The van der Waals surface area contributed by atoms with E-state index in [1.54, 1.807) is 0 Å². The van der Waals surface area contributed by atoms with Crippen molar-refractivity contribution >= 4 is 24.0 Å². The van der Waals surface area contributed by atoms with Crippen LogP contribution in [-0.2, 0) is 4.79 Å². The van der Waals surface area contributed by atoms with Crippen LogP contribution in [0.1, 0.15) is 26.2 Å². The maximum atomic E-state index is 11.8. The summed E-state index contributed by atoms with van der Waals surface area (Å²) in [6, 6.07) is 4.00. The summed E-state index contributed by atoms with van der Waals surface area (Å²) >= 11 is 0. The molecule has 3 N–H and O–H groups in total. The number of unbranched alkanes of at least 4 members (excludes halogenated alkanes) is 1. The summed E-state index contributed by atoms with van der Waals surface area (Å²) in [7, 11) is 1.33. The van der Waals surface area contributed by atoms with Gasteiger partial charge in [-0.1, -0.05) is 19.8 Å². The molecule has 1 unspecified atom stereocenters. The third-order valence-corrected chi connectivity index (χ3v) is 3.27. The molecule has 0 saturated carbocycles. The van der Waals surface area contributed by atoms with E-state index in [0.29, 0.717) is 12.3 Å². The van der Waals surface area contributed by atoms with Crippen LogP contribution in [0.5, 0.6) is 11.5 Å². The molecular weight excluding hydrogens is 338 g/mol. The highest BCUT2D eigenvalue weighted by molar-refractivity contribution is 5.85. The van der Waals surface area contributed by atoms with E-state index in [4.69, 9.17) is 15.2 Å². The number of ether oxygens (including phenoxy) is 2. The molecule has 24 heavy (non-hydrogen) atoms. The molecule has 136 valence electrons. The fourth-order valence-electron chi connectivity index (χ4n) is 2.02. The van der Waals surface area contributed by atoms with Gasteiger partial charge in [0.25, 0.3) is 5.91 Å². The molecule has 1 rings (SSSR count). The van der Waals surface area contributed by atoms with E-state index in [1.807, 2.05) is 0 Å². The van der Waals surface area contributed by atoms with Crippen LogP contribution in [0.4, 0.5) is 5.69 Å². The zero-order valence-electron chi connectivity index (χ0n) is 13.8. The Kier molecular flexibility index (Phi) is 10.5. The van der Waals surface area contributed by atoms with Crippen molar-refractivity contribution in [3.63, 3.8) is 0 Å². The first-order valence-corrected chi connectivity index (χ1v) is 7.46. The number of hydrogen-bond donors (Lipinski definition) is 2. The molecule has 0 bridgehead atoms. The molecule has 0 radical (unpaired) electrons. The highest BCUT2D eigenvalue weighted by Gasteiger charge is 2.16. The first-order chi connectivity index (χ1) is 11.0. The molecular formula is C15H24ClN3O5. The molecule has 0 saturated heterocycles. The van der Waals surface area contributed by atoms with Crippen LogP contribution in [0.2, 0.25) is 0 Å². The van der Waals surface area contributed by atoms with Crippen LogP contribution in [0.3, 0.4) is 0 Å². The second kappa shape index (κ2) is 11.5. The Labute approximate surface area is 147 Å². The van der Waals surface area contributed by atoms with Gasteiger partial charge in [-0.2, -0.15) is 0 Å². The molecule has 1 aromatic carbocycles. The number of halogens is 1. The molecule has 0 fully saturated rings. The van der Waals surface area contributed by atoms with E-state index >= 15 is 0 Å². The molecule has 0 aromatic heterocycles. The second-order valence-electron chi connectivity index (χ2n) is 5.02. The zero-order chi connectivity index (χ0) is 17.2. The fourth-order valence-corrected chi connectivity index (χ4v) is 2.02. The van der Waals surface area contributed by atoms with Gasteiger partial charge >= 0.3 is 5.69 Å². The van der Waals surface area contributed by atoms with Gasteiger partial charge in [0.05, 0.1) is 12.0 Å². The van der Waals surface area contributed by atoms with Gasteiger partial charge in [-0.15, -0.1) is 12.4 Å². The monoisotopic (exact) mass is 361 g/mol. The predicted octanol–water partition coefficient (Wildman–Crippen LogP) is 2.04. The smallest absolute Gasteiger partial charge is 0.311 e. The Morgan fingerprint density at radius 2 is 2.17 bits per heavy atom. The average molecular weight is 362 g/mol. The lowest BCUT2D eigenvalue weighted by atomic mass is 10.1. The lowest BCUT2D eigenvalue weighted by Crippen LogP contribution is -2.42. The molecule has 0 aliphatic rings. The normalized spacial score (nSPS) is 11.1. The number of methoxy groups -OCH3 is 1. The SMILES string of the molecule is CCCCC(CN)NC(=O)COc1ccc([N+](=O)[O-])c(OC)c1.Cl. The van der Waals surface area contributed by atoms with Crippen LogP contribution < -0.4 is 20.5 Å². The van der Waals surface area contributed by atoms with Gasteiger partial charge in [0.2, 0.25) is 5.75 Å².